The van der Waals surface area contributed by atoms with Crippen LogP contribution < -0.4 is 5.32 Å². The minimum absolute atomic E-state index is 0.00544. The summed E-state index contributed by atoms with van der Waals surface area (Å²) >= 11 is 0. The molecule has 0 heterocycles. The lowest BCUT2D eigenvalue weighted by molar-refractivity contribution is -0.145. The van der Waals surface area contributed by atoms with Gasteiger partial charge in [-0.1, -0.05) is 0 Å². The molecular weight excluding hydrogens is 238 g/mol. The van der Waals surface area contributed by atoms with Crippen molar-refractivity contribution in [3.63, 3.8) is 0 Å². The first-order chi connectivity index (χ1) is 8.52. The van der Waals surface area contributed by atoms with E-state index in [1.807, 2.05) is 0 Å². The third-order valence-electron chi connectivity index (χ3n) is 2.75. The van der Waals surface area contributed by atoms with Crippen molar-refractivity contribution in [2.45, 2.75) is 45.1 Å². The van der Waals surface area contributed by atoms with Crippen LogP contribution in [0.15, 0.2) is 0 Å². The van der Waals surface area contributed by atoms with E-state index in [0.29, 0.717) is 12.3 Å². The van der Waals surface area contributed by atoms with Gasteiger partial charge >= 0.3 is 11.9 Å². The summed E-state index contributed by atoms with van der Waals surface area (Å²) in [5.41, 5.74) is 0. The van der Waals surface area contributed by atoms with Crippen molar-refractivity contribution in [2.75, 3.05) is 6.61 Å². The molecule has 0 radical (unpaired) electrons. The van der Waals surface area contributed by atoms with E-state index in [9.17, 15) is 14.4 Å². The highest BCUT2D eigenvalue weighted by atomic mass is 16.5. The highest BCUT2D eigenvalue weighted by Gasteiger charge is 2.27. The lowest BCUT2D eigenvalue weighted by atomic mass is 10.1. The quantitative estimate of drug-likeness (QED) is 0.624. The van der Waals surface area contributed by atoms with Crippen molar-refractivity contribution in [2.24, 2.45) is 5.92 Å². The fourth-order valence-electron chi connectivity index (χ4n) is 1.59. The third-order valence-corrected chi connectivity index (χ3v) is 2.75. The maximum Gasteiger partial charge on any atom is 0.326 e. The van der Waals surface area contributed by atoms with E-state index >= 15 is 0 Å². The summed E-state index contributed by atoms with van der Waals surface area (Å²) in [6, 6.07) is -1.01. The molecule has 1 aliphatic carbocycles. The Balaban J connectivity index is 2.31. The number of aliphatic carboxylic acids is 1. The Morgan fingerprint density at radius 1 is 1.39 bits per heavy atom. The van der Waals surface area contributed by atoms with Crippen LogP contribution in [-0.2, 0) is 19.1 Å². The fourth-order valence-corrected chi connectivity index (χ4v) is 1.59. The van der Waals surface area contributed by atoms with Crippen molar-refractivity contribution in [1.82, 2.24) is 5.32 Å². The lowest BCUT2D eigenvalue weighted by Crippen LogP contribution is -2.41. The largest absolute Gasteiger partial charge is 0.480 e. The van der Waals surface area contributed by atoms with E-state index in [0.717, 1.165) is 12.8 Å². The van der Waals surface area contributed by atoms with Gasteiger partial charge < -0.3 is 15.2 Å². The van der Waals surface area contributed by atoms with Gasteiger partial charge in [0.25, 0.3) is 0 Å². The molecule has 1 atom stereocenters. The van der Waals surface area contributed by atoms with Crippen LogP contribution in [-0.4, -0.2) is 35.6 Å². The standard InChI is InChI=1S/C12H19NO5/c1-2-18-11(15)6-5-9(12(16)17)13-10(14)7-8-3-4-8/h8-9H,2-7H2,1H3,(H,13,14)(H,16,17)/t9-/m0/s1. The van der Waals surface area contributed by atoms with Gasteiger partial charge in [-0.3, -0.25) is 9.59 Å². The number of carbonyl (C=O) groups is 3. The molecule has 0 unspecified atom stereocenters. The molecule has 0 bridgehead atoms. The maximum atomic E-state index is 11.5. The summed E-state index contributed by atoms with van der Waals surface area (Å²) in [7, 11) is 0. The van der Waals surface area contributed by atoms with Gasteiger partial charge in [-0.25, -0.2) is 4.79 Å². The van der Waals surface area contributed by atoms with Crippen LogP contribution in [0.5, 0.6) is 0 Å². The predicted octanol–water partition coefficient (Wildman–Crippen LogP) is 0.699. The molecule has 1 aliphatic rings. The second-order valence-electron chi connectivity index (χ2n) is 4.45. The van der Waals surface area contributed by atoms with Crippen molar-refractivity contribution in [3.8, 4) is 0 Å². The summed E-state index contributed by atoms with van der Waals surface area (Å²) in [6.07, 6.45) is 2.50. The van der Waals surface area contributed by atoms with Gasteiger partial charge in [0.15, 0.2) is 0 Å². The van der Waals surface area contributed by atoms with Gasteiger partial charge in [0.1, 0.15) is 6.04 Å². The van der Waals surface area contributed by atoms with Gasteiger partial charge in [-0.05, 0) is 32.1 Å². The van der Waals surface area contributed by atoms with Crippen molar-refractivity contribution >= 4 is 17.8 Å². The van der Waals surface area contributed by atoms with Crippen molar-refractivity contribution < 1.29 is 24.2 Å². The summed E-state index contributed by atoms with van der Waals surface area (Å²) in [6.45, 7) is 1.95. The summed E-state index contributed by atoms with van der Waals surface area (Å²) in [5.74, 6) is -1.41. The number of carboxylic acid groups (broad SMARTS) is 1. The van der Waals surface area contributed by atoms with Crippen LogP contribution in [0, 0.1) is 5.92 Å². The summed E-state index contributed by atoms with van der Waals surface area (Å²) in [5, 5.41) is 11.4. The van der Waals surface area contributed by atoms with Crippen LogP contribution in [0.3, 0.4) is 0 Å². The van der Waals surface area contributed by atoms with E-state index in [4.69, 9.17) is 9.84 Å². The van der Waals surface area contributed by atoms with E-state index in [2.05, 4.69) is 5.32 Å². The second-order valence-corrected chi connectivity index (χ2v) is 4.45. The SMILES string of the molecule is CCOC(=O)CC[C@H](NC(=O)CC1CC1)C(=O)O. The van der Waals surface area contributed by atoms with Crippen LogP contribution >= 0.6 is 0 Å². The summed E-state index contributed by atoms with van der Waals surface area (Å²) < 4.78 is 4.71. The van der Waals surface area contributed by atoms with E-state index in [1.165, 1.54) is 0 Å². The summed E-state index contributed by atoms with van der Waals surface area (Å²) in [4.78, 5) is 33.5. The zero-order valence-corrected chi connectivity index (χ0v) is 10.5. The molecule has 1 amide bonds. The number of carbonyl (C=O) groups excluding carboxylic acids is 2. The number of rotatable bonds is 8. The highest BCUT2D eigenvalue weighted by molar-refractivity contribution is 5.84. The molecule has 102 valence electrons. The normalized spacial score (nSPS) is 15.8. The monoisotopic (exact) mass is 257 g/mol. The molecule has 1 saturated carbocycles. The number of amides is 1. The van der Waals surface area contributed by atoms with Crippen LogP contribution in [0.2, 0.25) is 0 Å². The Morgan fingerprint density at radius 2 is 2.06 bits per heavy atom. The molecule has 6 nitrogen and oxygen atoms in total. The molecule has 18 heavy (non-hydrogen) atoms. The molecule has 0 aliphatic heterocycles. The van der Waals surface area contributed by atoms with Crippen molar-refractivity contribution in [3.05, 3.63) is 0 Å². The Kier molecular flexibility index (Phi) is 5.61. The minimum Gasteiger partial charge on any atom is -0.480 e. The van der Waals surface area contributed by atoms with Crippen LogP contribution in [0.1, 0.15) is 39.0 Å². The molecule has 2 N–H and O–H groups in total. The van der Waals surface area contributed by atoms with Gasteiger partial charge in [-0.15, -0.1) is 0 Å². The van der Waals surface area contributed by atoms with Gasteiger partial charge in [0, 0.05) is 12.8 Å². The molecular formula is C12H19NO5. The first kappa shape index (κ1) is 14.5. The Bertz CT molecular complexity index is 324. The number of hydrogen-bond donors (Lipinski definition) is 2. The lowest BCUT2D eigenvalue weighted by Gasteiger charge is -2.13. The second kappa shape index (κ2) is 6.98. The average molecular weight is 257 g/mol. The third kappa shape index (κ3) is 5.65. The molecule has 1 fully saturated rings. The molecule has 6 heteroatoms. The van der Waals surface area contributed by atoms with Gasteiger partial charge in [-0.2, -0.15) is 0 Å². The topological polar surface area (TPSA) is 92.7 Å². The molecule has 0 spiro atoms. The van der Waals surface area contributed by atoms with E-state index in [-0.39, 0.29) is 25.4 Å². The zero-order valence-electron chi connectivity index (χ0n) is 10.5. The average Bonchev–Trinajstić information content (AvgIpc) is 3.08. The van der Waals surface area contributed by atoms with Crippen LogP contribution in [0.25, 0.3) is 0 Å². The first-order valence-corrected chi connectivity index (χ1v) is 6.20. The highest BCUT2D eigenvalue weighted by Crippen LogP contribution is 2.32. The smallest absolute Gasteiger partial charge is 0.326 e. The Hall–Kier alpha value is -1.59. The van der Waals surface area contributed by atoms with Gasteiger partial charge in [0.2, 0.25) is 5.91 Å². The zero-order chi connectivity index (χ0) is 13.5. The molecule has 0 aromatic rings. The predicted molar refractivity (Wildman–Crippen MR) is 62.8 cm³/mol. The maximum absolute atomic E-state index is 11.5. The number of carboxylic acids is 1. The first-order valence-electron chi connectivity index (χ1n) is 6.20. The Morgan fingerprint density at radius 3 is 2.56 bits per heavy atom. The number of hydrogen-bond acceptors (Lipinski definition) is 4. The number of esters is 1. The Labute approximate surface area is 106 Å². The number of nitrogens with one attached hydrogen (secondary N) is 1. The van der Waals surface area contributed by atoms with Crippen molar-refractivity contribution in [1.29, 1.82) is 0 Å². The molecule has 0 aromatic carbocycles. The van der Waals surface area contributed by atoms with E-state index in [1.54, 1.807) is 6.92 Å². The van der Waals surface area contributed by atoms with E-state index < -0.39 is 18.0 Å². The molecule has 0 aromatic heterocycles. The van der Waals surface area contributed by atoms with Crippen LogP contribution in [0.4, 0.5) is 0 Å². The van der Waals surface area contributed by atoms with Gasteiger partial charge in [0.05, 0.1) is 6.61 Å². The molecule has 1 rings (SSSR count). The minimum atomic E-state index is -1.12. The fraction of sp³-hybridized carbons (Fsp3) is 0.750. The molecule has 0 saturated heterocycles. The number of ether oxygens (including phenoxy) is 1.